The predicted molar refractivity (Wildman–Crippen MR) is 105 cm³/mol. The number of ether oxygens (including phenoxy) is 1. The number of anilines is 1. The van der Waals surface area contributed by atoms with Crippen LogP contribution in [0.15, 0.2) is 59.2 Å². The second-order valence-electron chi connectivity index (χ2n) is 5.99. The third-order valence-electron chi connectivity index (χ3n) is 3.83. The Hall–Kier alpha value is -3.06. The molecule has 6 nitrogen and oxygen atoms in total. The number of thiophene rings is 1. The Morgan fingerprint density at radius 3 is 2.78 bits per heavy atom. The summed E-state index contributed by atoms with van der Waals surface area (Å²) in [6.07, 6.45) is 1.44. The Bertz CT molecular complexity index is 918. The van der Waals surface area contributed by atoms with Gasteiger partial charge in [0.15, 0.2) is 5.76 Å². The summed E-state index contributed by atoms with van der Waals surface area (Å²) in [5.41, 5.74) is 1.12. The van der Waals surface area contributed by atoms with Crippen LogP contribution in [0.4, 0.5) is 5.00 Å². The number of amides is 2. The number of aryl methyl sites for hydroxylation is 1. The van der Waals surface area contributed by atoms with Crippen LogP contribution in [0.2, 0.25) is 0 Å². The summed E-state index contributed by atoms with van der Waals surface area (Å²) < 4.78 is 10.7. The maximum absolute atomic E-state index is 12.5. The van der Waals surface area contributed by atoms with Gasteiger partial charge < -0.3 is 19.4 Å². The molecule has 0 aliphatic heterocycles. The van der Waals surface area contributed by atoms with E-state index in [9.17, 15) is 9.59 Å². The number of carbonyl (C=O) groups excluding carboxylic acids is 2. The van der Waals surface area contributed by atoms with Gasteiger partial charge in [0.05, 0.1) is 22.7 Å². The number of furan rings is 1. The third kappa shape index (κ3) is 4.98. The Kier molecular flexibility index (Phi) is 5.93. The van der Waals surface area contributed by atoms with Crippen LogP contribution in [0, 0.1) is 6.92 Å². The average Bonchev–Trinajstić information content (AvgIpc) is 3.33. The van der Waals surface area contributed by atoms with Crippen LogP contribution < -0.4 is 10.1 Å². The minimum atomic E-state index is -0.347. The van der Waals surface area contributed by atoms with E-state index in [1.165, 1.54) is 17.6 Å². The van der Waals surface area contributed by atoms with Gasteiger partial charge in [0, 0.05) is 7.05 Å². The van der Waals surface area contributed by atoms with Crippen molar-refractivity contribution in [2.75, 3.05) is 25.5 Å². The van der Waals surface area contributed by atoms with Gasteiger partial charge in [-0.15, -0.1) is 11.3 Å². The molecule has 2 amide bonds. The molecule has 1 aromatic carbocycles. The lowest BCUT2D eigenvalue weighted by molar-refractivity contribution is 0.0778. The van der Waals surface area contributed by atoms with Crippen molar-refractivity contribution >= 4 is 28.2 Å². The van der Waals surface area contributed by atoms with Crippen molar-refractivity contribution in [3.05, 3.63) is 71.0 Å². The zero-order valence-electron chi connectivity index (χ0n) is 15.1. The topological polar surface area (TPSA) is 71.8 Å². The Morgan fingerprint density at radius 1 is 1.19 bits per heavy atom. The Morgan fingerprint density at radius 2 is 2.04 bits per heavy atom. The van der Waals surface area contributed by atoms with Crippen LogP contribution in [-0.4, -0.2) is 36.9 Å². The lowest BCUT2D eigenvalue weighted by Gasteiger charge is -2.16. The molecule has 0 bridgehead atoms. The number of hydrogen-bond donors (Lipinski definition) is 1. The minimum absolute atomic E-state index is 0.119. The van der Waals surface area contributed by atoms with Crippen molar-refractivity contribution in [3.63, 3.8) is 0 Å². The molecule has 0 aliphatic rings. The molecule has 7 heteroatoms. The van der Waals surface area contributed by atoms with E-state index in [-0.39, 0.29) is 17.6 Å². The first kappa shape index (κ1) is 18.7. The van der Waals surface area contributed by atoms with Gasteiger partial charge in [-0.1, -0.05) is 12.1 Å². The normalized spacial score (nSPS) is 10.4. The Balaban J connectivity index is 1.51. The zero-order chi connectivity index (χ0) is 19.2. The molecular weight excluding hydrogens is 364 g/mol. The van der Waals surface area contributed by atoms with E-state index in [1.807, 2.05) is 31.2 Å². The quantitative estimate of drug-likeness (QED) is 0.667. The molecule has 2 heterocycles. The number of rotatable bonds is 7. The summed E-state index contributed by atoms with van der Waals surface area (Å²) in [6, 6.07) is 14.4. The highest BCUT2D eigenvalue weighted by molar-refractivity contribution is 7.18. The molecule has 0 radical (unpaired) electrons. The van der Waals surface area contributed by atoms with Crippen LogP contribution >= 0.6 is 11.3 Å². The number of carbonyl (C=O) groups is 2. The van der Waals surface area contributed by atoms with Crippen molar-refractivity contribution < 1.29 is 18.7 Å². The standard InChI is InChI=1S/C20H20N2O4S/c1-14-5-3-6-15(13-14)25-12-10-22(2)20(24)17-8-9-18(27-17)21-19(23)16-7-4-11-26-16/h3-9,11,13H,10,12H2,1-2H3,(H,21,23). The molecule has 140 valence electrons. The van der Waals surface area contributed by atoms with Gasteiger partial charge in [-0.3, -0.25) is 9.59 Å². The van der Waals surface area contributed by atoms with E-state index < -0.39 is 0 Å². The lowest BCUT2D eigenvalue weighted by Crippen LogP contribution is -2.30. The second kappa shape index (κ2) is 8.55. The van der Waals surface area contributed by atoms with Crippen molar-refractivity contribution in [2.24, 2.45) is 0 Å². The van der Waals surface area contributed by atoms with E-state index in [1.54, 1.807) is 36.2 Å². The van der Waals surface area contributed by atoms with Gasteiger partial charge in [-0.2, -0.15) is 0 Å². The van der Waals surface area contributed by atoms with E-state index in [2.05, 4.69) is 5.32 Å². The van der Waals surface area contributed by atoms with Gasteiger partial charge >= 0.3 is 0 Å². The summed E-state index contributed by atoms with van der Waals surface area (Å²) >= 11 is 1.22. The van der Waals surface area contributed by atoms with Gasteiger partial charge in [-0.05, 0) is 48.9 Å². The monoisotopic (exact) mass is 384 g/mol. The summed E-state index contributed by atoms with van der Waals surface area (Å²) in [4.78, 5) is 26.6. The first-order valence-electron chi connectivity index (χ1n) is 8.42. The highest BCUT2D eigenvalue weighted by atomic mass is 32.1. The molecule has 3 aromatic rings. The molecule has 0 saturated heterocycles. The molecule has 3 rings (SSSR count). The summed E-state index contributed by atoms with van der Waals surface area (Å²) in [6.45, 7) is 2.86. The predicted octanol–water partition coefficient (Wildman–Crippen LogP) is 4.05. The SMILES string of the molecule is Cc1cccc(OCCN(C)C(=O)c2ccc(NC(=O)c3ccco3)s2)c1. The van der Waals surface area contributed by atoms with Crippen molar-refractivity contribution in [1.29, 1.82) is 0 Å². The molecule has 1 N–H and O–H groups in total. The first-order chi connectivity index (χ1) is 13.0. The molecule has 27 heavy (non-hydrogen) atoms. The molecule has 0 unspecified atom stereocenters. The molecule has 0 spiro atoms. The lowest BCUT2D eigenvalue weighted by atomic mass is 10.2. The van der Waals surface area contributed by atoms with Crippen LogP contribution in [0.1, 0.15) is 25.8 Å². The van der Waals surface area contributed by atoms with Crippen LogP contribution in [0.25, 0.3) is 0 Å². The maximum Gasteiger partial charge on any atom is 0.291 e. The van der Waals surface area contributed by atoms with E-state index in [4.69, 9.17) is 9.15 Å². The molecule has 2 aromatic heterocycles. The second-order valence-corrected chi connectivity index (χ2v) is 7.07. The molecular formula is C20H20N2O4S. The molecule has 0 aliphatic carbocycles. The van der Waals surface area contributed by atoms with Gasteiger partial charge in [0.25, 0.3) is 11.8 Å². The van der Waals surface area contributed by atoms with Crippen LogP contribution in [0.3, 0.4) is 0 Å². The summed E-state index contributed by atoms with van der Waals surface area (Å²) in [7, 11) is 1.72. The smallest absolute Gasteiger partial charge is 0.291 e. The summed E-state index contributed by atoms with van der Waals surface area (Å²) in [5.74, 6) is 0.545. The minimum Gasteiger partial charge on any atom is -0.492 e. The summed E-state index contributed by atoms with van der Waals surface area (Å²) in [5, 5.41) is 3.31. The largest absolute Gasteiger partial charge is 0.492 e. The third-order valence-corrected chi connectivity index (χ3v) is 4.82. The maximum atomic E-state index is 12.5. The number of hydrogen-bond acceptors (Lipinski definition) is 5. The molecule has 0 saturated carbocycles. The molecule has 0 fully saturated rings. The van der Waals surface area contributed by atoms with Crippen molar-refractivity contribution in [2.45, 2.75) is 6.92 Å². The fraction of sp³-hybridized carbons (Fsp3) is 0.200. The number of nitrogens with zero attached hydrogens (tertiary/aromatic N) is 1. The van der Waals surface area contributed by atoms with Gasteiger partial charge in [0.1, 0.15) is 12.4 Å². The first-order valence-corrected chi connectivity index (χ1v) is 9.24. The zero-order valence-corrected chi connectivity index (χ0v) is 15.9. The van der Waals surface area contributed by atoms with Gasteiger partial charge in [0.2, 0.25) is 0 Å². The number of benzene rings is 1. The average molecular weight is 384 g/mol. The van der Waals surface area contributed by atoms with Crippen molar-refractivity contribution in [1.82, 2.24) is 4.90 Å². The fourth-order valence-electron chi connectivity index (χ4n) is 2.40. The highest BCUT2D eigenvalue weighted by Gasteiger charge is 2.16. The fourth-order valence-corrected chi connectivity index (χ4v) is 3.29. The van der Waals surface area contributed by atoms with E-state index in [0.29, 0.717) is 23.0 Å². The Labute approximate surface area is 161 Å². The van der Waals surface area contributed by atoms with Crippen LogP contribution in [-0.2, 0) is 0 Å². The molecule has 0 atom stereocenters. The van der Waals surface area contributed by atoms with E-state index >= 15 is 0 Å². The number of likely N-dealkylation sites (N-methyl/N-ethyl adjacent to an activating group) is 1. The van der Waals surface area contributed by atoms with E-state index in [0.717, 1.165) is 11.3 Å². The number of nitrogens with one attached hydrogen (secondary N) is 1. The van der Waals surface area contributed by atoms with Crippen molar-refractivity contribution in [3.8, 4) is 5.75 Å². The van der Waals surface area contributed by atoms with Gasteiger partial charge in [-0.25, -0.2) is 0 Å². The van der Waals surface area contributed by atoms with Crippen LogP contribution in [0.5, 0.6) is 5.75 Å². The highest BCUT2D eigenvalue weighted by Crippen LogP contribution is 2.23.